The zero-order valence-electron chi connectivity index (χ0n) is 19.5. The average molecular weight is 501 g/mol. The van der Waals surface area contributed by atoms with E-state index in [9.17, 15) is 14.0 Å². The van der Waals surface area contributed by atoms with Crippen molar-refractivity contribution in [1.29, 1.82) is 0 Å². The Morgan fingerprint density at radius 1 is 1.20 bits per heavy atom. The van der Waals surface area contributed by atoms with Gasteiger partial charge in [-0.3, -0.25) is 9.59 Å². The highest BCUT2D eigenvalue weighted by Crippen LogP contribution is 2.29. The highest BCUT2D eigenvalue weighted by Gasteiger charge is 2.24. The summed E-state index contributed by atoms with van der Waals surface area (Å²) in [5.41, 5.74) is 2.06. The van der Waals surface area contributed by atoms with Gasteiger partial charge in [0.2, 0.25) is 11.8 Å². The van der Waals surface area contributed by atoms with Gasteiger partial charge in [-0.25, -0.2) is 14.1 Å². The van der Waals surface area contributed by atoms with Crippen LogP contribution in [-0.2, 0) is 9.59 Å². The van der Waals surface area contributed by atoms with Crippen molar-refractivity contribution in [3.63, 3.8) is 0 Å². The van der Waals surface area contributed by atoms with Crippen LogP contribution in [-0.4, -0.2) is 64.3 Å². The van der Waals surface area contributed by atoms with Gasteiger partial charge in [-0.05, 0) is 44.2 Å². The third-order valence-electron chi connectivity index (χ3n) is 5.59. The van der Waals surface area contributed by atoms with E-state index in [-0.39, 0.29) is 29.8 Å². The van der Waals surface area contributed by atoms with Crippen molar-refractivity contribution in [1.82, 2.24) is 19.7 Å². The van der Waals surface area contributed by atoms with E-state index in [0.29, 0.717) is 43.5 Å². The summed E-state index contributed by atoms with van der Waals surface area (Å²) in [5.74, 6) is 0.276. The fourth-order valence-electron chi connectivity index (χ4n) is 3.86. The summed E-state index contributed by atoms with van der Waals surface area (Å²) in [7, 11) is 0. The van der Waals surface area contributed by atoms with Gasteiger partial charge in [0, 0.05) is 43.5 Å². The third kappa shape index (κ3) is 5.89. The number of carbonyl (C=O) groups excluding carboxylic acids is 2. The van der Waals surface area contributed by atoms with Gasteiger partial charge in [0.15, 0.2) is 0 Å². The largest absolute Gasteiger partial charge is 0.492 e. The van der Waals surface area contributed by atoms with Crippen LogP contribution < -0.4 is 15.0 Å². The molecule has 2 heterocycles. The Balaban J connectivity index is 1.43. The van der Waals surface area contributed by atoms with E-state index in [1.165, 1.54) is 23.1 Å². The summed E-state index contributed by atoms with van der Waals surface area (Å²) < 4.78 is 20.9. The molecule has 1 aliphatic rings. The highest BCUT2D eigenvalue weighted by atomic mass is 35.5. The van der Waals surface area contributed by atoms with Crippen molar-refractivity contribution in [2.75, 3.05) is 43.0 Å². The molecule has 184 valence electrons. The normalized spacial score (nSPS) is 14.1. The molecule has 4 rings (SSSR count). The minimum atomic E-state index is -0.565. The lowest BCUT2D eigenvalue weighted by molar-refractivity contribution is -0.133. The number of nitrogens with zero attached hydrogens (tertiary/aromatic N) is 5. The number of rotatable bonds is 7. The molecule has 35 heavy (non-hydrogen) atoms. The lowest BCUT2D eigenvalue weighted by Gasteiger charge is -2.24. The summed E-state index contributed by atoms with van der Waals surface area (Å²) in [5, 5.41) is 6.94. The number of aromatic nitrogens is 3. The van der Waals surface area contributed by atoms with Crippen LogP contribution in [0.5, 0.6) is 5.75 Å². The molecule has 3 aromatic rings. The highest BCUT2D eigenvalue weighted by molar-refractivity contribution is 6.31. The molecular formula is C24H26ClFN6O3. The number of benzene rings is 2. The predicted octanol–water partition coefficient (Wildman–Crippen LogP) is 3.44. The number of ether oxygens (including phenoxy) is 1. The summed E-state index contributed by atoms with van der Waals surface area (Å²) in [6, 6.07) is 9.74. The lowest BCUT2D eigenvalue weighted by atomic mass is 10.2. The standard InChI is InChI=1S/C24H26ClFN6O3/c1-3-35-22-13-18(5-7-21(22)32-15-27-16(2)29-32)30-9-8-24(34)31(11-10-30)14-23(33)28-17-4-6-20(26)19(25)12-17/h4-7,12-13,15H,3,8-11,14H2,1-2H3,(H,28,33). The molecule has 1 saturated heterocycles. The quantitative estimate of drug-likeness (QED) is 0.534. The zero-order chi connectivity index (χ0) is 24.9. The number of aryl methyl sites for hydroxylation is 1. The molecule has 0 radical (unpaired) electrons. The molecule has 0 saturated carbocycles. The molecule has 11 heteroatoms. The number of anilines is 2. The van der Waals surface area contributed by atoms with E-state index in [2.05, 4.69) is 20.3 Å². The van der Waals surface area contributed by atoms with Gasteiger partial charge in [-0.2, -0.15) is 5.10 Å². The summed E-state index contributed by atoms with van der Waals surface area (Å²) in [6.07, 6.45) is 1.91. The fraction of sp³-hybridized carbons (Fsp3) is 0.333. The first-order valence-corrected chi connectivity index (χ1v) is 11.6. The second kappa shape index (κ2) is 10.7. The maximum absolute atomic E-state index is 13.3. The lowest BCUT2D eigenvalue weighted by Crippen LogP contribution is -2.39. The average Bonchev–Trinajstić information content (AvgIpc) is 3.18. The van der Waals surface area contributed by atoms with Crippen LogP contribution in [0.2, 0.25) is 5.02 Å². The molecule has 1 fully saturated rings. The minimum Gasteiger partial charge on any atom is -0.492 e. The Morgan fingerprint density at radius 2 is 2.03 bits per heavy atom. The number of amides is 2. The van der Waals surface area contributed by atoms with Crippen LogP contribution in [0.1, 0.15) is 19.2 Å². The molecule has 0 aliphatic carbocycles. The summed E-state index contributed by atoms with van der Waals surface area (Å²) in [6.45, 7) is 5.56. The number of nitrogens with one attached hydrogen (secondary N) is 1. The predicted molar refractivity (Wildman–Crippen MR) is 131 cm³/mol. The van der Waals surface area contributed by atoms with Crippen molar-refractivity contribution in [3.05, 3.63) is 59.4 Å². The van der Waals surface area contributed by atoms with Crippen LogP contribution in [0.25, 0.3) is 5.69 Å². The third-order valence-corrected chi connectivity index (χ3v) is 5.88. The molecule has 0 unspecified atom stereocenters. The van der Waals surface area contributed by atoms with Crippen LogP contribution in [0.3, 0.4) is 0 Å². The Labute approximate surface area is 207 Å². The number of carbonyl (C=O) groups is 2. The molecule has 1 N–H and O–H groups in total. The van der Waals surface area contributed by atoms with E-state index in [1.807, 2.05) is 32.0 Å². The molecule has 1 aliphatic heterocycles. The van der Waals surface area contributed by atoms with Crippen LogP contribution in [0.4, 0.5) is 15.8 Å². The van der Waals surface area contributed by atoms with E-state index in [4.69, 9.17) is 16.3 Å². The second-order valence-corrected chi connectivity index (χ2v) is 8.46. The van der Waals surface area contributed by atoms with Crippen LogP contribution in [0.15, 0.2) is 42.7 Å². The Hall–Kier alpha value is -3.66. The molecule has 1 aromatic heterocycles. The maximum atomic E-state index is 13.3. The van der Waals surface area contributed by atoms with Crippen LogP contribution >= 0.6 is 11.6 Å². The van der Waals surface area contributed by atoms with Crippen molar-refractivity contribution in [2.45, 2.75) is 20.3 Å². The smallest absolute Gasteiger partial charge is 0.243 e. The zero-order valence-corrected chi connectivity index (χ0v) is 20.3. The summed E-state index contributed by atoms with van der Waals surface area (Å²) in [4.78, 5) is 33.0. The molecule has 2 aromatic carbocycles. The first-order chi connectivity index (χ1) is 16.8. The first-order valence-electron chi connectivity index (χ1n) is 11.3. The number of halogens is 2. The first kappa shape index (κ1) is 24.5. The van der Waals surface area contributed by atoms with Gasteiger partial charge >= 0.3 is 0 Å². The van der Waals surface area contributed by atoms with Crippen molar-refractivity contribution in [2.24, 2.45) is 0 Å². The Morgan fingerprint density at radius 3 is 2.74 bits per heavy atom. The molecule has 9 nitrogen and oxygen atoms in total. The van der Waals surface area contributed by atoms with E-state index in [1.54, 1.807) is 11.0 Å². The topological polar surface area (TPSA) is 92.6 Å². The SMILES string of the molecule is CCOc1cc(N2CCC(=O)N(CC(=O)Nc3ccc(F)c(Cl)c3)CC2)ccc1-n1cnc(C)n1. The minimum absolute atomic E-state index is 0.0827. The molecular weight excluding hydrogens is 475 g/mol. The number of hydrogen-bond donors (Lipinski definition) is 1. The molecule has 0 spiro atoms. The van der Waals surface area contributed by atoms with Gasteiger partial charge in [-0.1, -0.05) is 11.6 Å². The van der Waals surface area contributed by atoms with Gasteiger partial charge in [0.05, 0.1) is 18.2 Å². The van der Waals surface area contributed by atoms with E-state index < -0.39 is 5.82 Å². The Bertz CT molecular complexity index is 1230. The van der Waals surface area contributed by atoms with Gasteiger partial charge in [0.25, 0.3) is 0 Å². The van der Waals surface area contributed by atoms with Crippen molar-refractivity contribution in [3.8, 4) is 11.4 Å². The number of hydrogen-bond acceptors (Lipinski definition) is 6. The monoisotopic (exact) mass is 500 g/mol. The van der Waals surface area contributed by atoms with Gasteiger partial charge in [0.1, 0.15) is 29.4 Å². The maximum Gasteiger partial charge on any atom is 0.243 e. The Kier molecular flexibility index (Phi) is 7.50. The fourth-order valence-corrected chi connectivity index (χ4v) is 4.04. The van der Waals surface area contributed by atoms with E-state index >= 15 is 0 Å². The van der Waals surface area contributed by atoms with E-state index in [0.717, 1.165) is 11.4 Å². The molecule has 0 bridgehead atoms. The van der Waals surface area contributed by atoms with Gasteiger partial charge in [-0.15, -0.1) is 0 Å². The summed E-state index contributed by atoms with van der Waals surface area (Å²) >= 11 is 5.77. The molecule has 0 atom stereocenters. The van der Waals surface area contributed by atoms with Crippen LogP contribution in [0, 0.1) is 12.7 Å². The molecule has 2 amide bonds. The van der Waals surface area contributed by atoms with Gasteiger partial charge < -0.3 is 19.9 Å². The second-order valence-electron chi connectivity index (χ2n) is 8.05. The van der Waals surface area contributed by atoms with Crippen molar-refractivity contribution >= 4 is 34.8 Å². The van der Waals surface area contributed by atoms with Crippen molar-refractivity contribution < 1.29 is 18.7 Å².